The fourth-order valence-electron chi connectivity index (χ4n) is 1.62. The van der Waals surface area contributed by atoms with Gasteiger partial charge in [-0.15, -0.1) is 0 Å². The number of hydrogen-bond acceptors (Lipinski definition) is 2. The maximum absolute atomic E-state index is 10.7. The van der Waals surface area contributed by atoms with E-state index in [1.54, 1.807) is 13.0 Å². The molecule has 0 saturated heterocycles. The van der Waals surface area contributed by atoms with Crippen LogP contribution in [0.4, 0.5) is 0 Å². The molecule has 0 aromatic rings. The second kappa shape index (κ2) is 3.92. The van der Waals surface area contributed by atoms with Gasteiger partial charge in [-0.1, -0.05) is 12.2 Å². The molecule has 2 atom stereocenters. The van der Waals surface area contributed by atoms with Crippen molar-refractivity contribution in [3.05, 3.63) is 12.2 Å². The molecule has 74 valence electrons. The van der Waals surface area contributed by atoms with Gasteiger partial charge >= 0.3 is 5.97 Å². The molecule has 1 aliphatic carbocycles. The smallest absolute Gasteiger partial charge is 0.309 e. The van der Waals surface area contributed by atoms with E-state index in [0.29, 0.717) is 6.42 Å². The van der Waals surface area contributed by atoms with Crippen LogP contribution in [0.15, 0.2) is 12.2 Å². The van der Waals surface area contributed by atoms with Crippen LogP contribution in [-0.2, 0) is 4.79 Å². The number of carbonyl (C=O) groups is 1. The third-order valence-corrected chi connectivity index (χ3v) is 2.72. The number of carboxylic acids is 1. The summed E-state index contributed by atoms with van der Waals surface area (Å²) in [7, 11) is 0. The molecule has 0 aliphatic heterocycles. The third kappa shape index (κ3) is 2.31. The van der Waals surface area contributed by atoms with Gasteiger partial charge in [-0.25, -0.2) is 0 Å². The van der Waals surface area contributed by atoms with E-state index >= 15 is 0 Å². The number of aliphatic carboxylic acids is 1. The van der Waals surface area contributed by atoms with Gasteiger partial charge in [0.1, 0.15) is 0 Å². The first-order chi connectivity index (χ1) is 6.06. The molecule has 2 unspecified atom stereocenters. The maximum Gasteiger partial charge on any atom is 0.309 e. The van der Waals surface area contributed by atoms with Gasteiger partial charge in [0.15, 0.2) is 0 Å². The van der Waals surface area contributed by atoms with Crippen molar-refractivity contribution in [2.45, 2.75) is 38.2 Å². The van der Waals surface area contributed by atoms with E-state index in [4.69, 9.17) is 5.11 Å². The molecule has 0 saturated carbocycles. The number of aliphatic hydroxyl groups is 1. The summed E-state index contributed by atoms with van der Waals surface area (Å²) in [5.74, 6) is -1.66. The van der Waals surface area contributed by atoms with Gasteiger partial charge in [0, 0.05) is 0 Å². The normalized spacial score (nSPS) is 30.9. The maximum atomic E-state index is 10.7. The van der Waals surface area contributed by atoms with Crippen molar-refractivity contribution in [2.24, 2.45) is 5.92 Å². The summed E-state index contributed by atoms with van der Waals surface area (Å²) in [6, 6.07) is 0. The van der Waals surface area contributed by atoms with Crippen molar-refractivity contribution in [2.75, 3.05) is 0 Å². The quantitative estimate of drug-likeness (QED) is 0.640. The number of allylic oxidation sites excluding steroid dienone is 1. The summed E-state index contributed by atoms with van der Waals surface area (Å²) in [6.07, 6.45) is 6.95. The Kier molecular flexibility index (Phi) is 3.09. The van der Waals surface area contributed by atoms with Crippen molar-refractivity contribution in [3.8, 4) is 0 Å². The SMILES string of the molecule is CC(C(=O)O)C1(O)C=CCCCC1. The van der Waals surface area contributed by atoms with Gasteiger partial charge in [0.2, 0.25) is 0 Å². The van der Waals surface area contributed by atoms with E-state index in [1.165, 1.54) is 0 Å². The Balaban J connectivity index is 2.77. The largest absolute Gasteiger partial charge is 0.481 e. The highest BCUT2D eigenvalue weighted by Crippen LogP contribution is 2.28. The van der Waals surface area contributed by atoms with Crippen molar-refractivity contribution in [1.29, 1.82) is 0 Å². The molecule has 0 bridgehead atoms. The summed E-state index contributed by atoms with van der Waals surface area (Å²) in [4.78, 5) is 10.7. The van der Waals surface area contributed by atoms with Crippen molar-refractivity contribution in [1.82, 2.24) is 0 Å². The Hall–Kier alpha value is -0.830. The van der Waals surface area contributed by atoms with E-state index < -0.39 is 17.5 Å². The molecule has 0 fully saturated rings. The number of rotatable bonds is 2. The molecule has 0 radical (unpaired) electrons. The molecule has 1 aliphatic rings. The lowest BCUT2D eigenvalue weighted by molar-refractivity contribution is -0.148. The first-order valence-electron chi connectivity index (χ1n) is 4.69. The Morgan fingerprint density at radius 1 is 1.54 bits per heavy atom. The molecule has 2 N–H and O–H groups in total. The lowest BCUT2D eigenvalue weighted by Gasteiger charge is -2.27. The average Bonchev–Trinajstić information content (AvgIpc) is 2.29. The molecule has 0 spiro atoms. The van der Waals surface area contributed by atoms with Gasteiger partial charge in [-0.3, -0.25) is 4.79 Å². The minimum atomic E-state index is -1.14. The molecule has 3 nitrogen and oxygen atoms in total. The lowest BCUT2D eigenvalue weighted by atomic mass is 9.85. The van der Waals surface area contributed by atoms with Crippen LogP contribution in [0.1, 0.15) is 32.6 Å². The summed E-state index contributed by atoms with van der Waals surface area (Å²) in [5, 5.41) is 18.8. The van der Waals surface area contributed by atoms with E-state index in [-0.39, 0.29) is 0 Å². The molecule has 0 aromatic carbocycles. The van der Waals surface area contributed by atoms with E-state index in [9.17, 15) is 9.90 Å². The van der Waals surface area contributed by atoms with Crippen LogP contribution in [0.25, 0.3) is 0 Å². The van der Waals surface area contributed by atoms with E-state index in [0.717, 1.165) is 19.3 Å². The molecule has 0 aromatic heterocycles. The fraction of sp³-hybridized carbons (Fsp3) is 0.700. The fourth-order valence-corrected chi connectivity index (χ4v) is 1.62. The van der Waals surface area contributed by atoms with Crippen LogP contribution < -0.4 is 0 Å². The highest BCUT2D eigenvalue weighted by Gasteiger charge is 2.35. The Labute approximate surface area is 78.1 Å². The van der Waals surface area contributed by atoms with Crippen molar-refractivity contribution in [3.63, 3.8) is 0 Å². The minimum absolute atomic E-state index is 0.553. The minimum Gasteiger partial charge on any atom is -0.481 e. The molecular formula is C10H16O3. The highest BCUT2D eigenvalue weighted by atomic mass is 16.4. The lowest BCUT2D eigenvalue weighted by Crippen LogP contribution is -2.38. The molecule has 0 heterocycles. The molecule has 13 heavy (non-hydrogen) atoms. The van der Waals surface area contributed by atoms with Crippen LogP contribution in [0.2, 0.25) is 0 Å². The van der Waals surface area contributed by atoms with Crippen LogP contribution in [0.5, 0.6) is 0 Å². The predicted octanol–water partition coefficient (Wildman–Crippen LogP) is 1.57. The second-order valence-corrected chi connectivity index (χ2v) is 3.70. The van der Waals surface area contributed by atoms with Crippen molar-refractivity contribution < 1.29 is 15.0 Å². The summed E-state index contributed by atoms with van der Waals surface area (Å²) >= 11 is 0. The van der Waals surface area contributed by atoms with Crippen LogP contribution in [-0.4, -0.2) is 21.8 Å². The number of carboxylic acid groups (broad SMARTS) is 1. The molecule has 0 amide bonds. The molecular weight excluding hydrogens is 168 g/mol. The van der Waals surface area contributed by atoms with Gasteiger partial charge in [-0.2, -0.15) is 0 Å². The Morgan fingerprint density at radius 3 is 2.85 bits per heavy atom. The van der Waals surface area contributed by atoms with Gasteiger partial charge in [0.25, 0.3) is 0 Å². The number of hydrogen-bond donors (Lipinski definition) is 2. The first kappa shape index (κ1) is 10.3. The zero-order chi connectivity index (χ0) is 9.90. The predicted molar refractivity (Wildman–Crippen MR) is 49.4 cm³/mol. The van der Waals surface area contributed by atoms with Gasteiger partial charge in [0.05, 0.1) is 11.5 Å². The second-order valence-electron chi connectivity index (χ2n) is 3.70. The summed E-state index contributed by atoms with van der Waals surface area (Å²) in [5.41, 5.74) is -1.14. The monoisotopic (exact) mass is 184 g/mol. The van der Waals surface area contributed by atoms with Gasteiger partial charge < -0.3 is 10.2 Å². The van der Waals surface area contributed by atoms with Crippen LogP contribution >= 0.6 is 0 Å². The third-order valence-electron chi connectivity index (χ3n) is 2.72. The van der Waals surface area contributed by atoms with Crippen LogP contribution in [0.3, 0.4) is 0 Å². The highest BCUT2D eigenvalue weighted by molar-refractivity contribution is 5.71. The van der Waals surface area contributed by atoms with E-state index in [1.807, 2.05) is 6.08 Å². The summed E-state index contributed by atoms with van der Waals surface area (Å²) in [6.45, 7) is 1.55. The van der Waals surface area contributed by atoms with Gasteiger partial charge in [-0.05, 0) is 32.6 Å². The molecule has 3 heteroatoms. The average molecular weight is 184 g/mol. The zero-order valence-electron chi connectivity index (χ0n) is 7.86. The Bertz CT molecular complexity index is 222. The summed E-state index contributed by atoms with van der Waals surface area (Å²) < 4.78 is 0. The standard InChI is InChI=1S/C10H16O3/c1-8(9(11)12)10(13)6-4-2-3-5-7-10/h4,6,8,13H,2-3,5,7H2,1H3,(H,11,12). The van der Waals surface area contributed by atoms with Crippen molar-refractivity contribution >= 4 is 5.97 Å². The van der Waals surface area contributed by atoms with E-state index in [2.05, 4.69) is 0 Å². The Morgan fingerprint density at radius 2 is 2.23 bits per heavy atom. The van der Waals surface area contributed by atoms with Crippen LogP contribution in [0, 0.1) is 5.92 Å². The first-order valence-corrected chi connectivity index (χ1v) is 4.69. The topological polar surface area (TPSA) is 57.5 Å². The molecule has 1 rings (SSSR count). The zero-order valence-corrected chi connectivity index (χ0v) is 7.86.